The van der Waals surface area contributed by atoms with Crippen LogP contribution >= 0.6 is 0 Å². The number of hydrogen-bond donors (Lipinski definition) is 1. The number of rotatable bonds is 5. The Kier molecular flexibility index (Phi) is 5.37. The van der Waals surface area contributed by atoms with Crippen molar-refractivity contribution in [2.45, 2.75) is 33.2 Å². The Morgan fingerprint density at radius 2 is 1.83 bits per heavy atom. The Hall–Kier alpha value is -2.36. The van der Waals surface area contributed by atoms with E-state index >= 15 is 0 Å². The van der Waals surface area contributed by atoms with E-state index in [0.29, 0.717) is 12.5 Å². The van der Waals surface area contributed by atoms with Crippen molar-refractivity contribution in [3.63, 3.8) is 0 Å². The molecule has 1 heterocycles. The van der Waals surface area contributed by atoms with Crippen LogP contribution in [0.3, 0.4) is 0 Å². The summed E-state index contributed by atoms with van der Waals surface area (Å²) in [6, 6.07) is 10.1. The van der Waals surface area contributed by atoms with Crippen LogP contribution in [0.2, 0.25) is 0 Å². The molecule has 0 aliphatic rings. The first-order valence-corrected chi connectivity index (χ1v) is 7.94. The molecule has 0 unspecified atom stereocenters. The number of carbonyl (C=O) groups is 1. The van der Waals surface area contributed by atoms with Gasteiger partial charge in [0, 0.05) is 37.6 Å². The highest BCUT2D eigenvalue weighted by Crippen LogP contribution is 2.27. The third-order valence-corrected chi connectivity index (χ3v) is 3.91. The monoisotopic (exact) mass is 312 g/mol. The molecule has 0 aliphatic carbocycles. The maximum atomic E-state index is 12.4. The van der Waals surface area contributed by atoms with Crippen molar-refractivity contribution in [3.8, 4) is 0 Å². The number of benzene rings is 1. The second kappa shape index (κ2) is 7.27. The molecule has 122 valence electrons. The topological polar surface area (TPSA) is 36.2 Å². The second-order valence-electron chi connectivity index (χ2n) is 6.37. The highest BCUT2D eigenvalue weighted by atomic mass is 16.1. The van der Waals surface area contributed by atoms with Gasteiger partial charge < -0.3 is 10.2 Å². The van der Waals surface area contributed by atoms with Gasteiger partial charge in [-0.15, -0.1) is 0 Å². The van der Waals surface area contributed by atoms with Gasteiger partial charge in [0.1, 0.15) is 0 Å². The minimum atomic E-state index is -0.0104. The van der Waals surface area contributed by atoms with Crippen LogP contribution in [0, 0.1) is 6.92 Å². The fourth-order valence-electron chi connectivity index (χ4n) is 2.54. The standard InChI is InChI=1S/C19H25N3O/c1-14(2)17-8-6-7-15(3)19(17)20-18(23)13-22-11-9-16(10-12-22)21(4)5/h6-12,14H,13H2,1-5H3/p+1. The number of para-hydroxylation sites is 1. The maximum Gasteiger partial charge on any atom is 0.290 e. The van der Waals surface area contributed by atoms with Gasteiger partial charge in [-0.2, -0.15) is 4.57 Å². The number of nitrogens with zero attached hydrogens (tertiary/aromatic N) is 2. The van der Waals surface area contributed by atoms with Gasteiger partial charge in [0.05, 0.1) is 0 Å². The number of aryl methyl sites for hydroxylation is 1. The van der Waals surface area contributed by atoms with Crippen molar-refractivity contribution >= 4 is 17.3 Å². The van der Waals surface area contributed by atoms with Gasteiger partial charge in [0.2, 0.25) is 6.54 Å². The normalized spacial score (nSPS) is 10.7. The lowest BCUT2D eigenvalue weighted by molar-refractivity contribution is -0.684. The van der Waals surface area contributed by atoms with Gasteiger partial charge >= 0.3 is 0 Å². The van der Waals surface area contributed by atoms with Gasteiger partial charge in [-0.3, -0.25) is 4.79 Å². The van der Waals surface area contributed by atoms with Crippen LogP contribution in [0.1, 0.15) is 30.9 Å². The van der Waals surface area contributed by atoms with Crippen molar-refractivity contribution in [1.29, 1.82) is 0 Å². The summed E-state index contributed by atoms with van der Waals surface area (Å²) in [5.41, 5.74) is 4.32. The van der Waals surface area contributed by atoms with Crippen molar-refractivity contribution in [2.24, 2.45) is 0 Å². The summed E-state index contributed by atoms with van der Waals surface area (Å²) in [5.74, 6) is 0.362. The first kappa shape index (κ1) is 17.0. The average Bonchev–Trinajstić information content (AvgIpc) is 2.49. The number of amides is 1. The Morgan fingerprint density at radius 1 is 1.17 bits per heavy atom. The third-order valence-electron chi connectivity index (χ3n) is 3.91. The predicted molar refractivity (Wildman–Crippen MR) is 94.9 cm³/mol. The third kappa shape index (κ3) is 4.31. The van der Waals surface area contributed by atoms with Crippen molar-refractivity contribution in [3.05, 3.63) is 53.9 Å². The van der Waals surface area contributed by atoms with Crippen LogP contribution in [-0.4, -0.2) is 20.0 Å². The fourth-order valence-corrected chi connectivity index (χ4v) is 2.54. The fraction of sp³-hybridized carbons (Fsp3) is 0.368. The van der Waals surface area contributed by atoms with Gasteiger partial charge in [-0.1, -0.05) is 32.0 Å². The van der Waals surface area contributed by atoms with E-state index in [9.17, 15) is 4.79 Å². The van der Waals surface area contributed by atoms with Gasteiger partial charge in [-0.25, -0.2) is 0 Å². The largest absolute Gasteiger partial charge is 0.377 e. The molecule has 1 aromatic heterocycles. The van der Waals surface area contributed by atoms with E-state index < -0.39 is 0 Å². The van der Waals surface area contributed by atoms with E-state index in [0.717, 1.165) is 16.9 Å². The molecule has 4 heteroatoms. The minimum absolute atomic E-state index is 0.0104. The number of carbonyl (C=O) groups excluding carboxylic acids is 1. The van der Waals surface area contributed by atoms with E-state index in [-0.39, 0.29) is 5.91 Å². The average molecular weight is 312 g/mol. The summed E-state index contributed by atoms with van der Waals surface area (Å²) in [6.07, 6.45) is 3.85. The van der Waals surface area contributed by atoms with Crippen molar-refractivity contribution in [1.82, 2.24) is 0 Å². The number of anilines is 2. The van der Waals surface area contributed by atoms with Crippen LogP contribution in [-0.2, 0) is 11.3 Å². The maximum absolute atomic E-state index is 12.4. The first-order valence-electron chi connectivity index (χ1n) is 7.94. The molecule has 0 saturated carbocycles. The van der Waals surface area contributed by atoms with E-state index in [4.69, 9.17) is 0 Å². The lowest BCUT2D eigenvalue weighted by Gasteiger charge is -2.15. The molecular weight excluding hydrogens is 286 g/mol. The van der Waals surface area contributed by atoms with Gasteiger partial charge in [0.15, 0.2) is 12.4 Å². The van der Waals surface area contributed by atoms with Crippen LogP contribution in [0.25, 0.3) is 0 Å². The van der Waals surface area contributed by atoms with Crippen LogP contribution in [0.15, 0.2) is 42.7 Å². The summed E-state index contributed by atoms with van der Waals surface area (Å²) in [6.45, 7) is 6.61. The molecule has 1 amide bonds. The molecule has 0 radical (unpaired) electrons. The number of nitrogens with one attached hydrogen (secondary N) is 1. The second-order valence-corrected chi connectivity index (χ2v) is 6.37. The summed E-state index contributed by atoms with van der Waals surface area (Å²) < 4.78 is 1.88. The molecule has 4 nitrogen and oxygen atoms in total. The van der Waals surface area contributed by atoms with E-state index in [1.165, 1.54) is 5.56 Å². The molecule has 0 spiro atoms. The molecule has 23 heavy (non-hydrogen) atoms. The molecule has 1 N–H and O–H groups in total. The predicted octanol–water partition coefficient (Wildman–Crippen LogP) is 3.11. The molecule has 0 aliphatic heterocycles. The van der Waals surface area contributed by atoms with Crippen molar-refractivity contribution in [2.75, 3.05) is 24.3 Å². The molecule has 1 aromatic carbocycles. The summed E-state index contributed by atoms with van der Waals surface area (Å²) in [5, 5.41) is 3.08. The lowest BCUT2D eigenvalue weighted by atomic mass is 9.98. The molecule has 2 rings (SSSR count). The summed E-state index contributed by atoms with van der Waals surface area (Å²) in [7, 11) is 4.00. The highest BCUT2D eigenvalue weighted by molar-refractivity contribution is 5.91. The zero-order valence-corrected chi connectivity index (χ0v) is 14.6. The van der Waals surface area contributed by atoms with E-state index in [1.807, 2.05) is 67.1 Å². The van der Waals surface area contributed by atoms with Gasteiger partial charge in [-0.05, 0) is 24.0 Å². The Morgan fingerprint density at radius 3 is 2.39 bits per heavy atom. The Bertz CT molecular complexity index is 676. The number of aromatic nitrogens is 1. The highest BCUT2D eigenvalue weighted by Gasteiger charge is 2.15. The quantitative estimate of drug-likeness (QED) is 0.861. The van der Waals surface area contributed by atoms with Crippen molar-refractivity contribution < 1.29 is 9.36 Å². The lowest BCUT2D eigenvalue weighted by Crippen LogP contribution is -2.39. The molecule has 2 aromatic rings. The molecular formula is C19H26N3O+. The molecule has 0 saturated heterocycles. The van der Waals surface area contributed by atoms with E-state index in [2.05, 4.69) is 25.2 Å². The molecule has 0 bridgehead atoms. The zero-order valence-electron chi connectivity index (χ0n) is 14.6. The summed E-state index contributed by atoms with van der Waals surface area (Å²) >= 11 is 0. The Labute approximate surface area is 138 Å². The van der Waals surface area contributed by atoms with E-state index in [1.54, 1.807) is 0 Å². The zero-order chi connectivity index (χ0) is 17.0. The Balaban J connectivity index is 2.11. The SMILES string of the molecule is Cc1cccc(C(C)C)c1NC(=O)C[n+]1ccc(N(C)C)cc1. The summed E-state index contributed by atoms with van der Waals surface area (Å²) in [4.78, 5) is 14.4. The smallest absolute Gasteiger partial charge is 0.290 e. The molecule has 0 fully saturated rings. The first-order chi connectivity index (χ1) is 10.9. The number of pyridine rings is 1. The van der Waals surface area contributed by atoms with Crippen LogP contribution < -0.4 is 14.8 Å². The van der Waals surface area contributed by atoms with Crippen LogP contribution in [0.4, 0.5) is 11.4 Å². The minimum Gasteiger partial charge on any atom is -0.377 e. The van der Waals surface area contributed by atoms with Crippen LogP contribution in [0.5, 0.6) is 0 Å². The molecule has 0 atom stereocenters. The number of hydrogen-bond acceptors (Lipinski definition) is 2. The van der Waals surface area contributed by atoms with Gasteiger partial charge in [0.25, 0.3) is 5.91 Å².